The fourth-order valence-corrected chi connectivity index (χ4v) is 2.37. The third-order valence-electron chi connectivity index (χ3n) is 1.61. The van der Waals surface area contributed by atoms with Crippen LogP contribution in [0.15, 0.2) is 22.7 Å². The minimum Gasteiger partial charge on any atom is -0.298 e. The highest BCUT2D eigenvalue weighted by Crippen LogP contribution is 2.34. The SMILES string of the molecule is CC(=O)C(Cl)c1c(Cl)cccc1Br. The lowest BCUT2D eigenvalue weighted by atomic mass is 10.1. The molecule has 13 heavy (non-hydrogen) atoms. The molecule has 1 nitrogen and oxygen atoms in total. The van der Waals surface area contributed by atoms with Gasteiger partial charge >= 0.3 is 0 Å². The molecule has 0 aromatic heterocycles. The quantitative estimate of drug-likeness (QED) is 0.750. The summed E-state index contributed by atoms with van der Waals surface area (Å²) in [6, 6.07) is 5.30. The molecule has 1 aromatic rings. The van der Waals surface area contributed by atoms with Gasteiger partial charge in [0.15, 0.2) is 5.78 Å². The molecule has 0 spiro atoms. The maximum atomic E-state index is 11.0. The van der Waals surface area contributed by atoms with Crippen molar-refractivity contribution in [3.8, 4) is 0 Å². The molecule has 1 rings (SSSR count). The summed E-state index contributed by atoms with van der Waals surface area (Å²) in [7, 11) is 0. The van der Waals surface area contributed by atoms with Gasteiger partial charge in [-0.3, -0.25) is 4.79 Å². The molecule has 0 N–H and O–H groups in total. The normalized spacial score (nSPS) is 12.6. The highest BCUT2D eigenvalue weighted by atomic mass is 79.9. The van der Waals surface area contributed by atoms with Crippen molar-refractivity contribution in [2.24, 2.45) is 0 Å². The van der Waals surface area contributed by atoms with Gasteiger partial charge in [0.1, 0.15) is 5.38 Å². The van der Waals surface area contributed by atoms with Crippen LogP contribution in [0.25, 0.3) is 0 Å². The largest absolute Gasteiger partial charge is 0.298 e. The molecule has 4 heteroatoms. The van der Waals surface area contributed by atoms with Gasteiger partial charge in [0.05, 0.1) is 0 Å². The van der Waals surface area contributed by atoms with E-state index in [1.807, 2.05) is 0 Å². The van der Waals surface area contributed by atoms with E-state index in [1.54, 1.807) is 18.2 Å². The van der Waals surface area contributed by atoms with E-state index in [0.29, 0.717) is 10.6 Å². The second-order valence-corrected chi connectivity index (χ2v) is 4.31. The number of hydrogen-bond donors (Lipinski definition) is 0. The van der Waals surface area contributed by atoms with E-state index in [9.17, 15) is 4.79 Å². The Balaban J connectivity index is 3.20. The lowest BCUT2D eigenvalue weighted by molar-refractivity contribution is -0.116. The van der Waals surface area contributed by atoms with Crippen LogP contribution in [0.5, 0.6) is 0 Å². The maximum absolute atomic E-state index is 11.0. The van der Waals surface area contributed by atoms with E-state index in [1.165, 1.54) is 6.92 Å². The van der Waals surface area contributed by atoms with Gasteiger partial charge in [-0.25, -0.2) is 0 Å². The molecule has 1 atom stereocenters. The molecule has 0 fully saturated rings. The van der Waals surface area contributed by atoms with Crippen LogP contribution in [0.3, 0.4) is 0 Å². The first-order valence-electron chi connectivity index (χ1n) is 3.62. The molecule has 0 aliphatic rings. The summed E-state index contributed by atoms with van der Waals surface area (Å²) < 4.78 is 0.759. The predicted octanol–water partition coefficient (Wildman–Crippen LogP) is 3.97. The second kappa shape index (κ2) is 4.45. The Kier molecular flexibility index (Phi) is 3.77. The van der Waals surface area contributed by atoms with Gasteiger partial charge in [-0.1, -0.05) is 33.6 Å². The van der Waals surface area contributed by atoms with Gasteiger partial charge in [-0.05, 0) is 19.1 Å². The fourth-order valence-electron chi connectivity index (χ4n) is 0.956. The van der Waals surface area contributed by atoms with Gasteiger partial charge in [0.2, 0.25) is 0 Å². The van der Waals surface area contributed by atoms with Crippen molar-refractivity contribution in [1.29, 1.82) is 0 Å². The van der Waals surface area contributed by atoms with Crippen molar-refractivity contribution in [2.45, 2.75) is 12.3 Å². The Hall–Kier alpha value is -0.0500. The number of benzene rings is 1. The molecule has 1 unspecified atom stereocenters. The molecule has 0 saturated carbocycles. The van der Waals surface area contributed by atoms with E-state index in [-0.39, 0.29) is 5.78 Å². The van der Waals surface area contributed by atoms with E-state index < -0.39 is 5.38 Å². The zero-order valence-electron chi connectivity index (χ0n) is 6.85. The van der Waals surface area contributed by atoms with Crippen molar-refractivity contribution in [1.82, 2.24) is 0 Å². The first-order valence-corrected chi connectivity index (χ1v) is 5.23. The smallest absolute Gasteiger partial charge is 0.152 e. The Morgan fingerprint density at radius 2 is 2.15 bits per heavy atom. The first kappa shape index (κ1) is 11.0. The van der Waals surface area contributed by atoms with Crippen LogP contribution in [0.1, 0.15) is 17.9 Å². The summed E-state index contributed by atoms with van der Waals surface area (Å²) in [5, 5.41) is -0.173. The summed E-state index contributed by atoms with van der Waals surface area (Å²) in [6.07, 6.45) is 0. The van der Waals surface area contributed by atoms with E-state index >= 15 is 0 Å². The van der Waals surface area contributed by atoms with Gasteiger partial charge < -0.3 is 0 Å². The Labute approximate surface area is 95.2 Å². The molecule has 0 saturated heterocycles. The van der Waals surface area contributed by atoms with Crippen LogP contribution >= 0.6 is 39.1 Å². The van der Waals surface area contributed by atoms with Crippen LogP contribution in [0.2, 0.25) is 5.02 Å². The number of carbonyl (C=O) groups excluding carboxylic acids is 1. The highest BCUT2D eigenvalue weighted by Gasteiger charge is 2.18. The van der Waals surface area contributed by atoms with Gasteiger partial charge in [-0.15, -0.1) is 11.6 Å². The van der Waals surface area contributed by atoms with Crippen molar-refractivity contribution in [3.05, 3.63) is 33.3 Å². The topological polar surface area (TPSA) is 17.1 Å². The van der Waals surface area contributed by atoms with E-state index in [0.717, 1.165) is 4.47 Å². The second-order valence-electron chi connectivity index (χ2n) is 2.61. The highest BCUT2D eigenvalue weighted by molar-refractivity contribution is 9.10. The summed E-state index contributed by atoms with van der Waals surface area (Å²) in [5.74, 6) is -0.115. The summed E-state index contributed by atoms with van der Waals surface area (Å²) in [6.45, 7) is 1.44. The van der Waals surface area contributed by atoms with Crippen LogP contribution in [-0.4, -0.2) is 5.78 Å². The lowest BCUT2D eigenvalue weighted by Gasteiger charge is -2.10. The van der Waals surface area contributed by atoms with Gasteiger partial charge in [0, 0.05) is 15.1 Å². The third kappa shape index (κ3) is 2.46. The van der Waals surface area contributed by atoms with Crippen LogP contribution < -0.4 is 0 Å². The number of rotatable bonds is 2. The number of alkyl halides is 1. The Morgan fingerprint density at radius 3 is 2.62 bits per heavy atom. The average molecular weight is 282 g/mol. The number of ketones is 1. The van der Waals surface area contributed by atoms with Crippen LogP contribution in [0, 0.1) is 0 Å². The number of hydrogen-bond acceptors (Lipinski definition) is 1. The summed E-state index contributed by atoms with van der Waals surface area (Å²) >= 11 is 15.1. The van der Waals surface area contributed by atoms with E-state index in [4.69, 9.17) is 23.2 Å². The third-order valence-corrected chi connectivity index (χ3v) is 3.16. The molecule has 0 amide bonds. The van der Waals surface area contributed by atoms with E-state index in [2.05, 4.69) is 15.9 Å². The number of carbonyl (C=O) groups is 1. The Bertz CT molecular complexity index is 318. The zero-order valence-corrected chi connectivity index (χ0v) is 9.95. The lowest BCUT2D eigenvalue weighted by Crippen LogP contribution is -2.03. The molecular weight excluding hydrogens is 275 g/mol. The molecule has 0 heterocycles. The molecule has 0 bridgehead atoms. The van der Waals surface area contributed by atoms with Crippen molar-refractivity contribution >= 4 is 44.9 Å². The molecule has 0 radical (unpaired) electrons. The van der Waals surface area contributed by atoms with Crippen molar-refractivity contribution < 1.29 is 4.79 Å². The van der Waals surface area contributed by atoms with Gasteiger partial charge in [-0.2, -0.15) is 0 Å². The summed E-state index contributed by atoms with van der Waals surface area (Å²) in [5.41, 5.74) is 0.637. The first-order chi connectivity index (χ1) is 6.04. The molecule has 0 aliphatic carbocycles. The van der Waals surface area contributed by atoms with Gasteiger partial charge in [0.25, 0.3) is 0 Å². The average Bonchev–Trinajstić information content (AvgIpc) is 2.03. The Morgan fingerprint density at radius 1 is 1.54 bits per heavy atom. The molecule has 70 valence electrons. The number of Topliss-reactive ketones (excluding diaryl/α,β-unsaturated/α-hetero) is 1. The van der Waals surface area contributed by atoms with Crippen LogP contribution in [0.4, 0.5) is 0 Å². The van der Waals surface area contributed by atoms with Crippen molar-refractivity contribution in [3.63, 3.8) is 0 Å². The monoisotopic (exact) mass is 280 g/mol. The molecule has 1 aromatic carbocycles. The van der Waals surface area contributed by atoms with Crippen LogP contribution in [-0.2, 0) is 4.79 Å². The fraction of sp³-hybridized carbons (Fsp3) is 0.222. The van der Waals surface area contributed by atoms with Crippen molar-refractivity contribution in [2.75, 3.05) is 0 Å². The zero-order chi connectivity index (χ0) is 10.0. The maximum Gasteiger partial charge on any atom is 0.152 e. The molecular formula is C9H7BrCl2O. The summed E-state index contributed by atoms with van der Waals surface area (Å²) in [4.78, 5) is 11.0. The standard InChI is InChI=1S/C9H7BrCl2O/c1-5(13)9(12)8-6(10)3-2-4-7(8)11/h2-4,9H,1H3. The number of halogens is 3. The molecule has 0 aliphatic heterocycles. The minimum atomic E-state index is -0.678. The predicted molar refractivity (Wildman–Crippen MR) is 58.4 cm³/mol. The minimum absolute atomic E-state index is 0.115.